The monoisotopic (exact) mass is 546 g/mol. The lowest BCUT2D eigenvalue weighted by Crippen LogP contribution is -2.31. The number of imidazole rings is 1. The number of para-hydroxylation sites is 1. The van der Waals surface area contributed by atoms with Gasteiger partial charge in [0, 0.05) is 28.8 Å². The number of fused-ring (bicyclic) bond motifs is 2. The standard InChI is InChI=1S/C29H21F3N4O2S/c1-29(8-10-37-20-6-4-3-5-18(20)29)22-14-35-28(36-22)17-12-21(15(13-33)11-19(17)30)38-26-24(32)23(31)25-16(7-9-34-25)27(26)39-2/h3-7,9,11-12,14,34H,8,10H2,1-2H3,(H,35,36). The van der Waals surface area contributed by atoms with Crippen LogP contribution in [0.1, 0.15) is 30.2 Å². The molecule has 2 N–H and O–H groups in total. The first-order valence-corrected chi connectivity index (χ1v) is 13.3. The maximum atomic E-state index is 15.3. The summed E-state index contributed by atoms with van der Waals surface area (Å²) in [6.07, 6.45) is 5.59. The van der Waals surface area contributed by atoms with Gasteiger partial charge in [0.1, 0.15) is 29.2 Å². The van der Waals surface area contributed by atoms with Crippen LogP contribution < -0.4 is 9.47 Å². The molecule has 6 rings (SSSR count). The second kappa shape index (κ2) is 9.43. The van der Waals surface area contributed by atoms with Gasteiger partial charge in [-0.05, 0) is 43.9 Å². The van der Waals surface area contributed by atoms with Crippen molar-refractivity contribution in [3.63, 3.8) is 0 Å². The van der Waals surface area contributed by atoms with E-state index in [-0.39, 0.29) is 34.0 Å². The molecule has 39 heavy (non-hydrogen) atoms. The highest BCUT2D eigenvalue weighted by molar-refractivity contribution is 7.99. The summed E-state index contributed by atoms with van der Waals surface area (Å²) in [6.45, 7) is 2.56. The van der Waals surface area contributed by atoms with Gasteiger partial charge >= 0.3 is 0 Å². The van der Waals surface area contributed by atoms with Crippen LogP contribution in [-0.4, -0.2) is 27.8 Å². The van der Waals surface area contributed by atoms with Crippen molar-refractivity contribution < 1.29 is 22.6 Å². The third kappa shape index (κ3) is 3.92. The van der Waals surface area contributed by atoms with Gasteiger partial charge < -0.3 is 19.4 Å². The van der Waals surface area contributed by atoms with E-state index in [0.717, 1.165) is 29.1 Å². The molecule has 0 bridgehead atoms. The Balaban J connectivity index is 1.44. The van der Waals surface area contributed by atoms with Crippen molar-refractivity contribution in [3.05, 3.63) is 89.1 Å². The van der Waals surface area contributed by atoms with Crippen LogP contribution in [0.3, 0.4) is 0 Å². The zero-order valence-corrected chi connectivity index (χ0v) is 21.7. The fourth-order valence-corrected chi connectivity index (χ4v) is 5.75. The number of aromatic nitrogens is 3. The summed E-state index contributed by atoms with van der Waals surface area (Å²) in [5, 5.41) is 10.1. The van der Waals surface area contributed by atoms with Gasteiger partial charge in [0.15, 0.2) is 11.6 Å². The minimum Gasteiger partial charge on any atom is -0.493 e. The Morgan fingerprint density at radius 1 is 1.13 bits per heavy atom. The minimum atomic E-state index is -1.21. The van der Waals surface area contributed by atoms with Gasteiger partial charge in [-0.15, -0.1) is 11.8 Å². The Hall–Kier alpha value is -4.36. The molecule has 1 atom stereocenters. The first-order chi connectivity index (χ1) is 18.9. The van der Waals surface area contributed by atoms with E-state index in [1.807, 2.05) is 30.3 Å². The van der Waals surface area contributed by atoms with Crippen molar-refractivity contribution in [1.82, 2.24) is 15.0 Å². The number of rotatable bonds is 5. The molecule has 0 spiro atoms. The summed E-state index contributed by atoms with van der Waals surface area (Å²) in [7, 11) is 0. The number of halogens is 3. The highest BCUT2D eigenvalue weighted by atomic mass is 32.2. The molecule has 0 fully saturated rings. The third-order valence-electron chi connectivity index (χ3n) is 7.15. The van der Waals surface area contributed by atoms with Gasteiger partial charge in [0.2, 0.25) is 5.82 Å². The van der Waals surface area contributed by atoms with Crippen LogP contribution in [0.15, 0.2) is 59.8 Å². The number of nitriles is 1. The summed E-state index contributed by atoms with van der Waals surface area (Å²) >= 11 is 1.16. The smallest absolute Gasteiger partial charge is 0.204 e. The van der Waals surface area contributed by atoms with Crippen LogP contribution in [0.5, 0.6) is 17.2 Å². The molecule has 6 nitrogen and oxygen atoms in total. The number of thioether (sulfide) groups is 1. The zero-order chi connectivity index (χ0) is 27.3. The molecule has 1 unspecified atom stereocenters. The highest BCUT2D eigenvalue weighted by Gasteiger charge is 2.37. The SMILES string of the molecule is CSc1c(Oc2cc(-c3nc(C4(C)CCOc5ccccc54)c[nH]3)c(F)cc2C#N)c(F)c(F)c2[nH]ccc12. The van der Waals surface area contributed by atoms with Crippen molar-refractivity contribution >= 4 is 22.7 Å². The lowest BCUT2D eigenvalue weighted by molar-refractivity contribution is 0.241. The largest absolute Gasteiger partial charge is 0.493 e. The average Bonchev–Trinajstić information content (AvgIpc) is 3.64. The molecule has 1 aliphatic rings. The van der Waals surface area contributed by atoms with E-state index in [1.54, 1.807) is 18.5 Å². The average molecular weight is 547 g/mol. The third-order valence-corrected chi connectivity index (χ3v) is 7.97. The van der Waals surface area contributed by atoms with E-state index in [0.29, 0.717) is 29.0 Å². The van der Waals surface area contributed by atoms with Gasteiger partial charge in [0.05, 0.1) is 33.8 Å². The number of nitrogens with one attached hydrogen (secondary N) is 2. The van der Waals surface area contributed by atoms with Crippen LogP contribution in [0.25, 0.3) is 22.3 Å². The highest BCUT2D eigenvalue weighted by Crippen LogP contribution is 2.45. The summed E-state index contributed by atoms with van der Waals surface area (Å²) in [5.74, 6) is -2.56. The Bertz CT molecular complexity index is 1790. The fourth-order valence-electron chi connectivity index (χ4n) is 5.04. The first-order valence-electron chi connectivity index (χ1n) is 12.1. The van der Waals surface area contributed by atoms with Crippen molar-refractivity contribution in [3.8, 4) is 34.7 Å². The number of nitrogens with zero attached hydrogens (tertiary/aromatic N) is 2. The quantitative estimate of drug-likeness (QED) is 0.224. The molecule has 5 aromatic rings. The molecule has 0 saturated carbocycles. The van der Waals surface area contributed by atoms with E-state index in [9.17, 15) is 9.65 Å². The normalized spacial score (nSPS) is 16.5. The molecule has 2 aromatic heterocycles. The van der Waals surface area contributed by atoms with Crippen LogP contribution in [0.4, 0.5) is 13.2 Å². The van der Waals surface area contributed by atoms with E-state index in [2.05, 4.69) is 16.9 Å². The molecule has 0 aliphatic carbocycles. The molecule has 0 amide bonds. The van der Waals surface area contributed by atoms with Gasteiger partial charge in [-0.25, -0.2) is 13.8 Å². The summed E-state index contributed by atoms with van der Waals surface area (Å²) in [4.78, 5) is 10.8. The van der Waals surface area contributed by atoms with Crippen LogP contribution in [0.2, 0.25) is 0 Å². The number of aromatic amines is 2. The lowest BCUT2D eigenvalue weighted by Gasteiger charge is -2.34. The van der Waals surface area contributed by atoms with Gasteiger partial charge in [0.25, 0.3) is 0 Å². The van der Waals surface area contributed by atoms with Crippen LogP contribution in [-0.2, 0) is 5.41 Å². The maximum absolute atomic E-state index is 15.3. The number of H-pyrrole nitrogens is 2. The molecule has 3 aromatic carbocycles. The summed E-state index contributed by atoms with van der Waals surface area (Å²) in [5.41, 5.74) is 1.04. The Morgan fingerprint density at radius 2 is 1.95 bits per heavy atom. The first kappa shape index (κ1) is 24.9. The van der Waals surface area contributed by atoms with Crippen molar-refractivity contribution in [2.45, 2.75) is 23.7 Å². The van der Waals surface area contributed by atoms with Gasteiger partial charge in [-0.1, -0.05) is 18.2 Å². The second-order valence-electron chi connectivity index (χ2n) is 9.36. The lowest BCUT2D eigenvalue weighted by atomic mass is 9.75. The second-order valence-corrected chi connectivity index (χ2v) is 10.2. The predicted octanol–water partition coefficient (Wildman–Crippen LogP) is 7.45. The molecular formula is C29H21F3N4O2S. The van der Waals surface area contributed by atoms with E-state index in [1.165, 1.54) is 12.3 Å². The molecule has 0 radical (unpaired) electrons. The zero-order valence-electron chi connectivity index (χ0n) is 20.9. The topological polar surface area (TPSA) is 86.7 Å². The van der Waals surface area contributed by atoms with Gasteiger partial charge in [-0.2, -0.15) is 9.65 Å². The Labute approximate surface area is 225 Å². The van der Waals surface area contributed by atoms with Gasteiger partial charge in [-0.3, -0.25) is 0 Å². The Kier molecular flexibility index (Phi) is 6.03. The van der Waals surface area contributed by atoms with E-state index < -0.39 is 22.9 Å². The molecule has 3 heterocycles. The molecule has 196 valence electrons. The maximum Gasteiger partial charge on any atom is 0.204 e. The van der Waals surface area contributed by atoms with Crippen molar-refractivity contribution in [1.29, 1.82) is 5.26 Å². The van der Waals surface area contributed by atoms with Crippen molar-refractivity contribution in [2.24, 2.45) is 0 Å². The van der Waals surface area contributed by atoms with E-state index >= 15 is 8.78 Å². The summed E-state index contributed by atoms with van der Waals surface area (Å²) in [6, 6.07) is 13.5. The minimum absolute atomic E-state index is 0.01000. The summed E-state index contributed by atoms with van der Waals surface area (Å²) < 4.78 is 56.8. The van der Waals surface area contributed by atoms with Crippen LogP contribution in [0, 0.1) is 28.8 Å². The molecule has 0 saturated heterocycles. The number of benzene rings is 3. The van der Waals surface area contributed by atoms with E-state index in [4.69, 9.17) is 14.5 Å². The molecule has 10 heteroatoms. The van der Waals surface area contributed by atoms with Crippen molar-refractivity contribution in [2.75, 3.05) is 12.9 Å². The number of hydrogen-bond donors (Lipinski definition) is 2. The molecular weight excluding hydrogens is 525 g/mol. The number of hydrogen-bond acceptors (Lipinski definition) is 5. The predicted molar refractivity (Wildman–Crippen MR) is 142 cm³/mol. The number of ether oxygens (including phenoxy) is 2. The molecule has 1 aliphatic heterocycles. The Morgan fingerprint density at radius 3 is 2.74 bits per heavy atom. The van der Waals surface area contributed by atoms with Crippen LogP contribution >= 0.6 is 11.8 Å². The fraction of sp³-hybridized carbons (Fsp3) is 0.172.